The van der Waals surface area contributed by atoms with Gasteiger partial charge in [-0.1, -0.05) is 48.0 Å². The van der Waals surface area contributed by atoms with Gasteiger partial charge in [-0.15, -0.1) is 6.58 Å². The smallest absolute Gasteiger partial charge is 0.408 e. The van der Waals surface area contributed by atoms with Crippen LogP contribution in [0.25, 0.3) is 0 Å². The number of benzene rings is 2. The molecule has 1 unspecified atom stereocenters. The van der Waals surface area contributed by atoms with Crippen LogP contribution >= 0.6 is 11.6 Å². The molecule has 0 saturated carbocycles. The van der Waals surface area contributed by atoms with Gasteiger partial charge in [-0.25, -0.2) is 4.79 Å². The minimum Gasteiger partial charge on any atom is -0.444 e. The number of hydrogen-bond acceptors (Lipinski definition) is 4. The van der Waals surface area contributed by atoms with Gasteiger partial charge < -0.3 is 20.3 Å². The number of nitrogens with zero attached hydrogens (tertiary/aromatic N) is 1. The van der Waals surface area contributed by atoms with E-state index in [-0.39, 0.29) is 13.1 Å². The van der Waals surface area contributed by atoms with E-state index in [1.54, 1.807) is 39.0 Å². The van der Waals surface area contributed by atoms with E-state index in [0.29, 0.717) is 16.3 Å². The van der Waals surface area contributed by atoms with Crippen molar-refractivity contribution in [3.63, 3.8) is 0 Å². The Kier molecular flexibility index (Phi) is 9.48. The van der Waals surface area contributed by atoms with Gasteiger partial charge in [-0.3, -0.25) is 9.59 Å². The van der Waals surface area contributed by atoms with Gasteiger partial charge in [-0.2, -0.15) is 0 Å². The van der Waals surface area contributed by atoms with Crippen molar-refractivity contribution < 1.29 is 19.1 Å². The summed E-state index contributed by atoms with van der Waals surface area (Å²) < 4.78 is 5.23. The second-order valence-electron chi connectivity index (χ2n) is 9.32. The lowest BCUT2D eigenvalue weighted by Gasteiger charge is -2.33. The normalized spacial score (nSPS) is 11.9. The molecule has 0 fully saturated rings. The van der Waals surface area contributed by atoms with Crippen molar-refractivity contribution in [3.8, 4) is 0 Å². The molecule has 0 heterocycles. The topological polar surface area (TPSA) is 87.7 Å². The summed E-state index contributed by atoms with van der Waals surface area (Å²) in [4.78, 5) is 40.6. The van der Waals surface area contributed by atoms with Crippen molar-refractivity contribution in [3.05, 3.63) is 76.3 Å². The molecule has 0 saturated heterocycles. The molecule has 2 N–H and O–H groups in total. The van der Waals surface area contributed by atoms with E-state index in [2.05, 4.69) is 17.2 Å². The van der Waals surface area contributed by atoms with Crippen LogP contribution in [0.2, 0.25) is 5.02 Å². The second kappa shape index (κ2) is 11.9. The summed E-state index contributed by atoms with van der Waals surface area (Å²) in [5.74, 6) is -0.888. The third kappa shape index (κ3) is 7.59. The number of alkyl carbamates (subject to hydrolysis) is 1. The number of anilines is 1. The number of para-hydroxylation sites is 1. The van der Waals surface area contributed by atoms with Crippen LogP contribution in [0.4, 0.5) is 10.5 Å². The zero-order chi connectivity index (χ0) is 26.3. The van der Waals surface area contributed by atoms with E-state index in [4.69, 9.17) is 16.3 Å². The van der Waals surface area contributed by atoms with Gasteiger partial charge in [0.1, 0.15) is 18.2 Å². The fourth-order valence-corrected chi connectivity index (χ4v) is 3.99. The molecule has 0 aromatic heterocycles. The number of ether oxygens (including phenoxy) is 1. The minimum absolute atomic E-state index is 0.0855. The highest BCUT2D eigenvalue weighted by Gasteiger charge is 2.33. The molecule has 0 aliphatic carbocycles. The van der Waals surface area contributed by atoms with E-state index in [1.807, 2.05) is 45.0 Å². The molecule has 0 aliphatic heterocycles. The van der Waals surface area contributed by atoms with E-state index in [1.165, 1.54) is 4.90 Å². The summed E-state index contributed by atoms with van der Waals surface area (Å²) >= 11 is 6.35. The number of rotatable bonds is 8. The number of carbonyl (C=O) groups is 3. The largest absolute Gasteiger partial charge is 0.444 e. The van der Waals surface area contributed by atoms with Gasteiger partial charge in [-0.05, 0) is 69.9 Å². The Morgan fingerprint density at radius 3 is 2.17 bits per heavy atom. The fourth-order valence-electron chi connectivity index (χ4n) is 3.72. The molecule has 0 aliphatic rings. The quantitative estimate of drug-likeness (QED) is 0.470. The van der Waals surface area contributed by atoms with Crippen molar-refractivity contribution in [1.29, 1.82) is 0 Å². The first-order valence-electron chi connectivity index (χ1n) is 11.3. The van der Waals surface area contributed by atoms with Crippen LogP contribution in [0.15, 0.2) is 49.1 Å². The lowest BCUT2D eigenvalue weighted by Crippen LogP contribution is -2.47. The predicted molar refractivity (Wildman–Crippen MR) is 140 cm³/mol. The van der Waals surface area contributed by atoms with Gasteiger partial charge >= 0.3 is 6.09 Å². The summed E-state index contributed by atoms with van der Waals surface area (Å²) in [6.07, 6.45) is 0.823. The van der Waals surface area contributed by atoms with Crippen LogP contribution in [0, 0.1) is 20.8 Å². The molecule has 7 nitrogen and oxygen atoms in total. The van der Waals surface area contributed by atoms with E-state index < -0.39 is 29.6 Å². The number of halogens is 1. The maximum absolute atomic E-state index is 13.8. The number of amides is 3. The van der Waals surface area contributed by atoms with Crippen LogP contribution in [0.5, 0.6) is 0 Å². The number of nitrogens with one attached hydrogen (secondary N) is 2. The number of hydrogen-bond donors (Lipinski definition) is 2. The Hall–Kier alpha value is -3.32. The number of aryl methyl sites for hydroxylation is 3. The molecule has 2 aromatic carbocycles. The predicted octanol–water partition coefficient (Wildman–Crippen LogP) is 5.48. The molecule has 2 rings (SSSR count). The molecule has 0 radical (unpaired) electrons. The van der Waals surface area contributed by atoms with Crippen LogP contribution in [0.3, 0.4) is 0 Å². The maximum Gasteiger partial charge on any atom is 0.408 e. The van der Waals surface area contributed by atoms with Crippen molar-refractivity contribution >= 4 is 35.2 Å². The molecule has 0 bridgehead atoms. The summed E-state index contributed by atoms with van der Waals surface area (Å²) in [5, 5.41) is 5.79. The summed E-state index contributed by atoms with van der Waals surface area (Å²) in [6.45, 7) is 14.3. The van der Waals surface area contributed by atoms with Gasteiger partial charge in [0.05, 0.1) is 10.7 Å². The third-order valence-corrected chi connectivity index (χ3v) is 5.59. The Morgan fingerprint density at radius 2 is 1.63 bits per heavy atom. The Labute approximate surface area is 212 Å². The van der Waals surface area contributed by atoms with Crippen LogP contribution < -0.4 is 10.6 Å². The van der Waals surface area contributed by atoms with Crippen LogP contribution in [-0.4, -0.2) is 41.5 Å². The third-order valence-electron chi connectivity index (χ3n) is 5.27. The standard InChI is InChI=1S/C27H34ClN3O4/c1-8-15-31(21(32)16-29-26(34)35-27(5,6)7)24(22-17(2)11-9-12-18(22)3)25(33)30-23-19(4)13-10-14-20(23)28/h8-14,24H,1,15-16H2,2-7H3,(H,29,34)(H,30,33). The average molecular weight is 500 g/mol. The fraction of sp³-hybridized carbons (Fsp3) is 0.370. The summed E-state index contributed by atoms with van der Waals surface area (Å²) in [5.41, 5.74) is 2.96. The molecular weight excluding hydrogens is 466 g/mol. The first-order valence-corrected chi connectivity index (χ1v) is 11.7. The highest BCUT2D eigenvalue weighted by atomic mass is 35.5. The zero-order valence-electron chi connectivity index (χ0n) is 21.2. The van der Waals surface area contributed by atoms with Crippen molar-refractivity contribution in [1.82, 2.24) is 10.2 Å². The molecule has 0 spiro atoms. The lowest BCUT2D eigenvalue weighted by molar-refractivity contribution is -0.137. The Balaban J connectivity index is 2.46. The Bertz CT molecular complexity index is 1070. The molecule has 3 amide bonds. The average Bonchev–Trinajstić information content (AvgIpc) is 2.75. The van der Waals surface area contributed by atoms with Gasteiger partial charge in [0, 0.05) is 6.54 Å². The number of carbonyl (C=O) groups excluding carboxylic acids is 3. The highest BCUT2D eigenvalue weighted by molar-refractivity contribution is 6.34. The monoisotopic (exact) mass is 499 g/mol. The van der Waals surface area contributed by atoms with Crippen molar-refractivity contribution in [2.75, 3.05) is 18.4 Å². The molecular formula is C27H34ClN3O4. The molecule has 1 atom stereocenters. The van der Waals surface area contributed by atoms with Gasteiger partial charge in [0.25, 0.3) is 5.91 Å². The first kappa shape index (κ1) is 27.9. The molecule has 8 heteroatoms. The zero-order valence-corrected chi connectivity index (χ0v) is 22.0. The Morgan fingerprint density at radius 1 is 1.06 bits per heavy atom. The van der Waals surface area contributed by atoms with Crippen molar-refractivity contribution in [2.24, 2.45) is 0 Å². The lowest BCUT2D eigenvalue weighted by atomic mass is 9.94. The van der Waals surface area contributed by atoms with Gasteiger partial charge in [0.15, 0.2) is 0 Å². The summed E-state index contributed by atoms with van der Waals surface area (Å²) in [6, 6.07) is 10.0. The minimum atomic E-state index is -0.988. The molecule has 2 aromatic rings. The summed E-state index contributed by atoms with van der Waals surface area (Å²) in [7, 11) is 0. The first-order chi connectivity index (χ1) is 16.4. The second-order valence-corrected chi connectivity index (χ2v) is 9.73. The maximum atomic E-state index is 13.8. The SMILES string of the molecule is C=CCN(C(=O)CNC(=O)OC(C)(C)C)C(C(=O)Nc1c(C)cccc1Cl)c1c(C)cccc1C. The molecule has 35 heavy (non-hydrogen) atoms. The van der Waals surface area contributed by atoms with Crippen LogP contribution in [-0.2, 0) is 14.3 Å². The highest BCUT2D eigenvalue weighted by Crippen LogP contribution is 2.31. The molecule has 188 valence electrons. The van der Waals surface area contributed by atoms with Crippen molar-refractivity contribution in [2.45, 2.75) is 53.2 Å². The van der Waals surface area contributed by atoms with Gasteiger partial charge in [0.2, 0.25) is 5.91 Å². The van der Waals surface area contributed by atoms with E-state index in [9.17, 15) is 14.4 Å². The van der Waals surface area contributed by atoms with E-state index in [0.717, 1.165) is 16.7 Å². The van der Waals surface area contributed by atoms with Crippen LogP contribution in [0.1, 0.15) is 49.1 Å². The van der Waals surface area contributed by atoms with E-state index >= 15 is 0 Å².